The van der Waals surface area contributed by atoms with Crippen molar-refractivity contribution in [3.63, 3.8) is 0 Å². The lowest BCUT2D eigenvalue weighted by Crippen LogP contribution is -2.33. The van der Waals surface area contributed by atoms with Gasteiger partial charge in [0.05, 0.1) is 12.0 Å². The van der Waals surface area contributed by atoms with Crippen LogP contribution in [0, 0.1) is 5.92 Å². The van der Waals surface area contributed by atoms with Crippen molar-refractivity contribution in [1.82, 2.24) is 5.32 Å². The molecule has 3 N–H and O–H groups in total. The highest BCUT2D eigenvalue weighted by Crippen LogP contribution is 2.44. The van der Waals surface area contributed by atoms with E-state index in [9.17, 15) is 14.4 Å². The molecule has 1 aromatic heterocycles. The molecule has 2 atom stereocenters. The maximum atomic E-state index is 12.7. The number of carboxylic acid groups (broad SMARTS) is 1. The smallest absolute Gasteiger partial charge is 0.411 e. The molecule has 0 bridgehead atoms. The van der Waals surface area contributed by atoms with Crippen molar-refractivity contribution in [1.29, 1.82) is 0 Å². The molecule has 2 amide bonds. The van der Waals surface area contributed by atoms with Crippen LogP contribution in [0.3, 0.4) is 0 Å². The summed E-state index contributed by atoms with van der Waals surface area (Å²) in [4.78, 5) is 36.2. The number of carbonyl (C=O) groups excluding carboxylic acids is 2. The summed E-state index contributed by atoms with van der Waals surface area (Å²) in [6, 6.07) is 17.5. The Morgan fingerprint density at radius 2 is 1.66 bits per heavy atom. The zero-order valence-electron chi connectivity index (χ0n) is 19.0. The molecule has 8 nitrogen and oxygen atoms in total. The normalized spacial score (nSPS) is 18.5. The third kappa shape index (κ3) is 4.77. The van der Waals surface area contributed by atoms with E-state index in [4.69, 9.17) is 14.3 Å². The van der Waals surface area contributed by atoms with Crippen molar-refractivity contribution in [3.05, 3.63) is 77.7 Å². The molecule has 5 rings (SSSR count). The van der Waals surface area contributed by atoms with E-state index < -0.39 is 18.0 Å². The standard InChI is InChI=1S/C27H26N2O6/c30-24(31)14-16-9-10-17(13-16)28-26(32)25-23(11-12-34-25)29-27(33)35-15-22-20-7-3-1-5-18(20)19-6-2-4-8-21(19)22/h1-8,11-12,16-17,22H,9-10,13-15H2,(H,28,32)(H,29,33)(H,30,31)/t16-,17+/m1/s1. The van der Waals surface area contributed by atoms with Crippen molar-refractivity contribution in [2.75, 3.05) is 11.9 Å². The maximum Gasteiger partial charge on any atom is 0.411 e. The van der Waals surface area contributed by atoms with Crippen LogP contribution in [0.4, 0.5) is 10.5 Å². The van der Waals surface area contributed by atoms with E-state index in [1.807, 2.05) is 36.4 Å². The molecular weight excluding hydrogens is 448 g/mol. The number of aliphatic carboxylic acids is 1. The van der Waals surface area contributed by atoms with E-state index >= 15 is 0 Å². The van der Waals surface area contributed by atoms with E-state index in [-0.39, 0.29) is 42.4 Å². The minimum atomic E-state index is -0.831. The molecule has 2 aliphatic carbocycles. The van der Waals surface area contributed by atoms with Gasteiger partial charge < -0.3 is 19.6 Å². The van der Waals surface area contributed by atoms with Crippen LogP contribution in [-0.4, -0.2) is 35.7 Å². The number of rotatable bonds is 7. The summed E-state index contributed by atoms with van der Waals surface area (Å²) in [5, 5.41) is 14.5. The second kappa shape index (κ2) is 9.66. The number of nitrogens with one attached hydrogen (secondary N) is 2. The Labute approximate surface area is 202 Å². The van der Waals surface area contributed by atoms with Gasteiger partial charge in [0, 0.05) is 24.4 Å². The lowest BCUT2D eigenvalue weighted by Gasteiger charge is -2.15. The molecule has 8 heteroatoms. The highest BCUT2D eigenvalue weighted by molar-refractivity contribution is 6.00. The molecule has 180 valence electrons. The van der Waals surface area contributed by atoms with Crippen LogP contribution in [0.15, 0.2) is 65.3 Å². The second-order valence-corrected chi connectivity index (χ2v) is 9.06. The number of carbonyl (C=O) groups is 3. The van der Waals surface area contributed by atoms with Gasteiger partial charge in [0.1, 0.15) is 6.61 Å². The van der Waals surface area contributed by atoms with Gasteiger partial charge in [-0.1, -0.05) is 48.5 Å². The van der Waals surface area contributed by atoms with Crippen molar-refractivity contribution in [2.24, 2.45) is 5.92 Å². The van der Waals surface area contributed by atoms with E-state index in [1.165, 1.54) is 12.3 Å². The molecule has 0 saturated heterocycles. The number of carboxylic acids is 1. The quantitative estimate of drug-likeness (QED) is 0.443. The predicted molar refractivity (Wildman–Crippen MR) is 128 cm³/mol. The molecule has 0 spiro atoms. The van der Waals surface area contributed by atoms with Crippen LogP contribution in [0.25, 0.3) is 11.1 Å². The van der Waals surface area contributed by atoms with Crippen LogP contribution in [0.5, 0.6) is 0 Å². The fourth-order valence-electron chi connectivity index (χ4n) is 5.22. The molecule has 0 radical (unpaired) electrons. The second-order valence-electron chi connectivity index (χ2n) is 9.06. The number of anilines is 1. The fraction of sp³-hybridized carbons (Fsp3) is 0.296. The third-order valence-electron chi connectivity index (χ3n) is 6.79. The van der Waals surface area contributed by atoms with Gasteiger partial charge in [-0.05, 0) is 47.4 Å². The Balaban J connectivity index is 1.19. The van der Waals surface area contributed by atoms with Gasteiger partial charge in [0.25, 0.3) is 5.91 Å². The summed E-state index contributed by atoms with van der Waals surface area (Å²) in [7, 11) is 0. The van der Waals surface area contributed by atoms with Crippen molar-refractivity contribution in [3.8, 4) is 11.1 Å². The number of benzene rings is 2. The first-order chi connectivity index (χ1) is 17.0. The van der Waals surface area contributed by atoms with Crippen LogP contribution in [-0.2, 0) is 9.53 Å². The van der Waals surface area contributed by atoms with E-state index in [0.717, 1.165) is 28.7 Å². The summed E-state index contributed by atoms with van der Waals surface area (Å²) >= 11 is 0. The third-order valence-corrected chi connectivity index (χ3v) is 6.79. The van der Waals surface area contributed by atoms with E-state index in [1.54, 1.807) is 0 Å². The maximum absolute atomic E-state index is 12.7. The summed E-state index contributed by atoms with van der Waals surface area (Å²) in [6.45, 7) is 0.159. The van der Waals surface area contributed by atoms with Crippen LogP contribution < -0.4 is 10.6 Å². The van der Waals surface area contributed by atoms with Crippen LogP contribution in [0.2, 0.25) is 0 Å². The largest absolute Gasteiger partial charge is 0.481 e. The fourth-order valence-corrected chi connectivity index (χ4v) is 5.22. The highest BCUT2D eigenvalue weighted by Gasteiger charge is 2.31. The minimum Gasteiger partial charge on any atom is -0.481 e. The molecule has 35 heavy (non-hydrogen) atoms. The molecule has 2 aromatic carbocycles. The average Bonchev–Trinajstić information content (AvgIpc) is 3.55. The van der Waals surface area contributed by atoms with Gasteiger partial charge in [-0.15, -0.1) is 0 Å². The number of furan rings is 1. The van der Waals surface area contributed by atoms with Gasteiger partial charge in [-0.25, -0.2) is 4.79 Å². The zero-order chi connectivity index (χ0) is 24.4. The van der Waals surface area contributed by atoms with Crippen LogP contribution in [0.1, 0.15) is 53.3 Å². The molecule has 0 aliphatic heterocycles. The van der Waals surface area contributed by atoms with Crippen molar-refractivity contribution in [2.45, 2.75) is 37.6 Å². The monoisotopic (exact) mass is 474 g/mol. The Morgan fingerprint density at radius 1 is 0.971 bits per heavy atom. The molecule has 1 heterocycles. The number of amides is 2. The topological polar surface area (TPSA) is 118 Å². The Bertz CT molecular complexity index is 1220. The molecular formula is C27H26N2O6. The van der Waals surface area contributed by atoms with Gasteiger partial charge in [-0.2, -0.15) is 0 Å². The lowest BCUT2D eigenvalue weighted by molar-refractivity contribution is -0.138. The number of ether oxygens (including phenoxy) is 1. The highest BCUT2D eigenvalue weighted by atomic mass is 16.5. The number of fused-ring (bicyclic) bond motifs is 3. The van der Waals surface area contributed by atoms with Gasteiger partial charge in [0.2, 0.25) is 5.76 Å². The van der Waals surface area contributed by atoms with E-state index in [0.29, 0.717) is 12.8 Å². The van der Waals surface area contributed by atoms with E-state index in [2.05, 4.69) is 22.8 Å². The zero-order valence-corrected chi connectivity index (χ0v) is 19.0. The first-order valence-corrected chi connectivity index (χ1v) is 11.7. The molecule has 3 aromatic rings. The molecule has 0 unspecified atom stereocenters. The Hall–Kier alpha value is -4.07. The first kappa shape index (κ1) is 22.7. The summed E-state index contributed by atoms with van der Waals surface area (Å²) < 4.78 is 10.9. The van der Waals surface area contributed by atoms with Crippen molar-refractivity contribution >= 4 is 23.7 Å². The molecule has 1 fully saturated rings. The SMILES string of the molecule is O=C(O)C[C@@H]1CC[C@H](NC(=O)c2occc2NC(=O)OCC2c3ccccc3-c3ccccc32)C1. The van der Waals surface area contributed by atoms with Crippen molar-refractivity contribution < 1.29 is 28.6 Å². The van der Waals surface area contributed by atoms with Gasteiger partial charge in [0.15, 0.2) is 0 Å². The summed E-state index contributed by atoms with van der Waals surface area (Å²) in [5.74, 6) is -1.32. The summed E-state index contributed by atoms with van der Waals surface area (Å²) in [6.07, 6.45) is 2.82. The summed E-state index contributed by atoms with van der Waals surface area (Å²) in [5.41, 5.74) is 4.73. The Kier molecular flexibility index (Phi) is 6.27. The number of hydrogen-bond donors (Lipinski definition) is 3. The minimum absolute atomic E-state index is 0.0137. The predicted octanol–water partition coefficient (Wildman–Crippen LogP) is 5.01. The lowest BCUT2D eigenvalue weighted by atomic mass is 9.98. The first-order valence-electron chi connectivity index (χ1n) is 11.7. The van der Waals surface area contributed by atoms with Crippen LogP contribution >= 0.6 is 0 Å². The molecule has 1 saturated carbocycles. The average molecular weight is 475 g/mol. The molecule has 2 aliphatic rings. The van der Waals surface area contributed by atoms with Gasteiger partial charge in [-0.3, -0.25) is 14.9 Å². The van der Waals surface area contributed by atoms with Gasteiger partial charge >= 0.3 is 12.1 Å². The number of hydrogen-bond acceptors (Lipinski definition) is 5. The Morgan fingerprint density at radius 3 is 2.34 bits per heavy atom.